The second kappa shape index (κ2) is 5.61. The highest BCUT2D eigenvalue weighted by Gasteiger charge is 2.08. The molecule has 9 heteroatoms. The second-order valence-electron chi connectivity index (χ2n) is 3.65. The van der Waals surface area contributed by atoms with Gasteiger partial charge in [0.25, 0.3) is 11.2 Å². The topological polar surface area (TPSA) is 134 Å². The van der Waals surface area contributed by atoms with Gasteiger partial charge in [-0.1, -0.05) is 0 Å². The fraction of sp³-hybridized carbons (Fsp3) is 0. The summed E-state index contributed by atoms with van der Waals surface area (Å²) in [5, 5.41) is 23.9. The minimum absolute atomic E-state index is 0.110. The number of hydrogen-bond acceptors (Lipinski definition) is 7. The van der Waals surface area contributed by atoms with Crippen LogP contribution in [-0.2, 0) is 0 Å². The lowest BCUT2D eigenvalue weighted by Crippen LogP contribution is -2.08. The number of aromatic amines is 1. The first kappa shape index (κ1) is 13.2. The molecule has 9 nitrogen and oxygen atoms in total. The van der Waals surface area contributed by atoms with Crippen LogP contribution in [0.3, 0.4) is 0 Å². The monoisotopic (exact) mass is 275 g/mol. The number of nitro groups is 1. The molecule has 0 unspecified atom stereocenters. The van der Waals surface area contributed by atoms with E-state index in [1.54, 1.807) is 0 Å². The molecule has 0 atom stereocenters. The number of nitro benzene ring substituents is 1. The number of hydrazone groups is 1. The maximum Gasteiger partial charge on any atom is 0.270 e. The average Bonchev–Trinajstić information content (AvgIpc) is 2.40. The summed E-state index contributed by atoms with van der Waals surface area (Å²) in [4.78, 5) is 27.2. The van der Waals surface area contributed by atoms with Crippen molar-refractivity contribution >= 4 is 17.9 Å². The van der Waals surface area contributed by atoms with Crippen molar-refractivity contribution in [2.45, 2.75) is 0 Å². The first-order valence-electron chi connectivity index (χ1n) is 5.38. The van der Waals surface area contributed by atoms with Crippen LogP contribution >= 0.6 is 0 Å². The van der Waals surface area contributed by atoms with Gasteiger partial charge in [0, 0.05) is 30.0 Å². The molecule has 3 N–H and O–H groups in total. The number of nitrogens with zero attached hydrogens (tertiary/aromatic N) is 3. The molecule has 0 amide bonds. The van der Waals surface area contributed by atoms with Crippen molar-refractivity contribution in [1.29, 1.82) is 0 Å². The summed E-state index contributed by atoms with van der Waals surface area (Å²) >= 11 is 0. The van der Waals surface area contributed by atoms with E-state index in [9.17, 15) is 20.0 Å². The molecule has 1 heterocycles. The summed E-state index contributed by atoms with van der Waals surface area (Å²) < 4.78 is 0. The number of nitrogens with one attached hydrogen (secondary N) is 2. The minimum Gasteiger partial charge on any atom is -0.507 e. The van der Waals surface area contributed by atoms with Gasteiger partial charge in [0.05, 0.1) is 11.1 Å². The van der Waals surface area contributed by atoms with Gasteiger partial charge in [0.15, 0.2) is 0 Å². The Labute approximate surface area is 111 Å². The van der Waals surface area contributed by atoms with Crippen LogP contribution in [-0.4, -0.2) is 26.2 Å². The van der Waals surface area contributed by atoms with Crippen LogP contribution in [0.2, 0.25) is 0 Å². The third-order valence-corrected chi connectivity index (χ3v) is 2.27. The Morgan fingerprint density at radius 1 is 1.45 bits per heavy atom. The van der Waals surface area contributed by atoms with Crippen LogP contribution in [0.1, 0.15) is 5.56 Å². The van der Waals surface area contributed by atoms with E-state index < -0.39 is 4.92 Å². The largest absolute Gasteiger partial charge is 0.507 e. The molecule has 0 spiro atoms. The number of benzene rings is 1. The van der Waals surface area contributed by atoms with E-state index in [-0.39, 0.29) is 28.5 Å². The number of H-pyrrole nitrogens is 1. The van der Waals surface area contributed by atoms with Gasteiger partial charge in [-0.3, -0.25) is 19.9 Å². The van der Waals surface area contributed by atoms with Gasteiger partial charge in [-0.25, -0.2) is 10.4 Å². The molecule has 102 valence electrons. The van der Waals surface area contributed by atoms with E-state index in [0.29, 0.717) is 0 Å². The lowest BCUT2D eigenvalue weighted by atomic mass is 10.2. The van der Waals surface area contributed by atoms with Crippen molar-refractivity contribution in [3.8, 4) is 5.75 Å². The summed E-state index contributed by atoms with van der Waals surface area (Å²) in [7, 11) is 0. The molecule has 0 saturated carbocycles. The third-order valence-electron chi connectivity index (χ3n) is 2.27. The fourth-order valence-electron chi connectivity index (χ4n) is 1.35. The predicted octanol–water partition coefficient (Wildman–Crippen LogP) is 0.830. The molecular formula is C11H9N5O4. The smallest absolute Gasteiger partial charge is 0.270 e. The Morgan fingerprint density at radius 3 is 2.95 bits per heavy atom. The summed E-state index contributed by atoms with van der Waals surface area (Å²) in [6.07, 6.45) is 2.47. The minimum atomic E-state index is -0.583. The maximum absolute atomic E-state index is 11.0. The summed E-state index contributed by atoms with van der Waals surface area (Å²) in [5.41, 5.74) is 2.07. The van der Waals surface area contributed by atoms with Gasteiger partial charge in [0.2, 0.25) is 5.95 Å². The second-order valence-corrected chi connectivity index (χ2v) is 3.65. The molecule has 0 saturated heterocycles. The first-order chi connectivity index (χ1) is 9.56. The average molecular weight is 275 g/mol. The highest BCUT2D eigenvalue weighted by molar-refractivity contribution is 5.84. The molecule has 1 aromatic carbocycles. The Balaban J connectivity index is 2.17. The van der Waals surface area contributed by atoms with E-state index in [2.05, 4.69) is 20.5 Å². The number of non-ortho nitro benzene ring substituents is 1. The molecule has 2 aromatic rings. The number of aromatic nitrogens is 2. The van der Waals surface area contributed by atoms with E-state index in [1.165, 1.54) is 36.7 Å². The zero-order valence-electron chi connectivity index (χ0n) is 9.98. The number of rotatable bonds is 4. The van der Waals surface area contributed by atoms with Crippen LogP contribution in [0, 0.1) is 10.1 Å². The zero-order valence-corrected chi connectivity index (χ0v) is 9.98. The van der Waals surface area contributed by atoms with Gasteiger partial charge in [-0.2, -0.15) is 5.10 Å². The van der Waals surface area contributed by atoms with Crippen molar-refractivity contribution in [2.24, 2.45) is 5.10 Å². The lowest BCUT2D eigenvalue weighted by Gasteiger charge is -1.99. The van der Waals surface area contributed by atoms with E-state index in [4.69, 9.17) is 0 Å². The van der Waals surface area contributed by atoms with E-state index in [0.717, 1.165) is 0 Å². The van der Waals surface area contributed by atoms with Gasteiger partial charge >= 0.3 is 0 Å². The Morgan fingerprint density at radius 2 is 2.25 bits per heavy atom. The summed E-state index contributed by atoms with van der Waals surface area (Å²) in [6.45, 7) is 0. The molecule has 0 aliphatic carbocycles. The maximum atomic E-state index is 11.0. The normalized spacial score (nSPS) is 10.6. The molecule has 2 rings (SSSR count). The number of phenols is 1. The molecule has 20 heavy (non-hydrogen) atoms. The van der Waals surface area contributed by atoms with Crippen molar-refractivity contribution < 1.29 is 10.0 Å². The van der Waals surface area contributed by atoms with E-state index in [1.807, 2.05) is 0 Å². The van der Waals surface area contributed by atoms with Gasteiger partial charge in [0.1, 0.15) is 5.75 Å². The van der Waals surface area contributed by atoms with Crippen LogP contribution in [0.4, 0.5) is 11.6 Å². The quantitative estimate of drug-likeness (QED) is 0.430. The van der Waals surface area contributed by atoms with Gasteiger partial charge in [-0.05, 0) is 6.07 Å². The molecule has 0 fully saturated rings. The van der Waals surface area contributed by atoms with Gasteiger partial charge < -0.3 is 5.11 Å². The Kier molecular flexibility index (Phi) is 3.70. The predicted molar refractivity (Wildman–Crippen MR) is 70.8 cm³/mol. The Hall–Kier alpha value is -3.23. The third kappa shape index (κ3) is 3.16. The van der Waals surface area contributed by atoms with Crippen LogP contribution in [0.5, 0.6) is 5.75 Å². The van der Waals surface area contributed by atoms with Crippen LogP contribution in [0.25, 0.3) is 0 Å². The summed E-state index contributed by atoms with van der Waals surface area (Å²) in [5.74, 6) is -0.0469. The number of hydrogen-bond donors (Lipinski definition) is 3. The lowest BCUT2D eigenvalue weighted by molar-refractivity contribution is -0.384. The number of aromatic hydroxyl groups is 1. The number of anilines is 1. The molecular weight excluding hydrogens is 266 g/mol. The summed E-state index contributed by atoms with van der Waals surface area (Å²) in [6, 6.07) is 4.78. The SMILES string of the molecule is O=c1ccnc(N/N=C/c2cc([N+](=O)[O-])ccc2O)[nH]1. The van der Waals surface area contributed by atoms with Crippen molar-refractivity contribution in [3.05, 3.63) is 56.5 Å². The molecule has 0 aliphatic rings. The van der Waals surface area contributed by atoms with E-state index >= 15 is 0 Å². The molecule has 1 aromatic heterocycles. The standard InChI is InChI=1S/C11H9N5O4/c17-9-2-1-8(16(19)20)5-7(9)6-13-15-11-12-4-3-10(18)14-11/h1-6,17H,(H2,12,14,15,18)/b13-6+. The highest BCUT2D eigenvalue weighted by Crippen LogP contribution is 2.21. The van der Waals surface area contributed by atoms with Crippen molar-refractivity contribution in [1.82, 2.24) is 9.97 Å². The van der Waals surface area contributed by atoms with Crippen LogP contribution in [0.15, 0.2) is 40.4 Å². The van der Waals surface area contributed by atoms with Crippen LogP contribution < -0.4 is 11.0 Å². The highest BCUT2D eigenvalue weighted by atomic mass is 16.6. The van der Waals surface area contributed by atoms with Crippen molar-refractivity contribution in [3.63, 3.8) is 0 Å². The van der Waals surface area contributed by atoms with Gasteiger partial charge in [-0.15, -0.1) is 0 Å². The Bertz CT molecular complexity index is 725. The first-order valence-corrected chi connectivity index (χ1v) is 5.38. The molecule has 0 bridgehead atoms. The molecule has 0 radical (unpaired) electrons. The fourth-order valence-corrected chi connectivity index (χ4v) is 1.35. The van der Waals surface area contributed by atoms with Crippen molar-refractivity contribution in [2.75, 3.05) is 5.43 Å². The molecule has 0 aliphatic heterocycles. The zero-order chi connectivity index (χ0) is 14.5. The number of phenolic OH excluding ortho intramolecular Hbond substituents is 1.